The molecule has 5 N–H and O–H groups in total. The number of nitrogens with zero attached hydrogens (tertiary/aromatic N) is 1. The Morgan fingerprint density at radius 1 is 0.933 bits per heavy atom. The highest BCUT2D eigenvalue weighted by molar-refractivity contribution is 6.38. The van der Waals surface area contributed by atoms with Crippen molar-refractivity contribution in [3.8, 4) is 0 Å². The number of ketones is 1. The van der Waals surface area contributed by atoms with Crippen LogP contribution in [0.1, 0.15) is 73.8 Å². The molecule has 2 aliphatic rings. The van der Waals surface area contributed by atoms with Crippen LogP contribution in [0.4, 0.5) is 0 Å². The van der Waals surface area contributed by atoms with Crippen LogP contribution in [0.25, 0.3) is 11.0 Å². The first-order valence-corrected chi connectivity index (χ1v) is 16.0. The van der Waals surface area contributed by atoms with Gasteiger partial charge in [-0.25, -0.2) is 4.98 Å². The Hall–Kier alpha value is -4.25. The van der Waals surface area contributed by atoms with Crippen LogP contribution >= 0.6 is 11.6 Å². The maximum absolute atomic E-state index is 13.9. The average molecular weight is 635 g/mol. The first kappa shape index (κ1) is 32.2. The number of benzene rings is 1. The van der Waals surface area contributed by atoms with E-state index < -0.39 is 41.5 Å². The van der Waals surface area contributed by atoms with Crippen molar-refractivity contribution >= 4 is 52.0 Å². The minimum atomic E-state index is -1.24. The van der Waals surface area contributed by atoms with E-state index >= 15 is 0 Å². The number of hydrogen-bond donors (Lipinski definition) is 5. The number of fused-ring (bicyclic) bond motifs is 1. The molecule has 1 aliphatic carbocycles. The summed E-state index contributed by atoms with van der Waals surface area (Å²) in [6, 6.07) is 10.3. The average Bonchev–Trinajstić information content (AvgIpc) is 3.48. The zero-order valence-corrected chi connectivity index (χ0v) is 25.8. The molecule has 2 fully saturated rings. The highest BCUT2D eigenvalue weighted by Crippen LogP contribution is 2.28. The Labute approximate surface area is 266 Å². The van der Waals surface area contributed by atoms with Gasteiger partial charge in [0.05, 0.1) is 11.1 Å². The molecular formula is C33H39ClN6O5. The second kappa shape index (κ2) is 15.2. The zero-order valence-electron chi connectivity index (χ0n) is 25.1. The van der Waals surface area contributed by atoms with Gasteiger partial charge in [-0.15, -0.1) is 0 Å². The lowest BCUT2D eigenvalue weighted by Crippen LogP contribution is -2.55. The predicted molar refractivity (Wildman–Crippen MR) is 169 cm³/mol. The van der Waals surface area contributed by atoms with Crippen LogP contribution in [-0.4, -0.2) is 58.0 Å². The molecule has 3 heterocycles. The van der Waals surface area contributed by atoms with Crippen molar-refractivity contribution < 1.29 is 24.0 Å². The van der Waals surface area contributed by atoms with Crippen molar-refractivity contribution in [2.24, 2.45) is 11.8 Å². The van der Waals surface area contributed by atoms with Crippen molar-refractivity contribution in [3.63, 3.8) is 0 Å². The fourth-order valence-electron chi connectivity index (χ4n) is 6.21. The predicted octanol–water partition coefficient (Wildman–Crippen LogP) is 3.57. The fourth-order valence-corrected chi connectivity index (χ4v) is 6.37. The van der Waals surface area contributed by atoms with Gasteiger partial charge in [-0.2, -0.15) is 0 Å². The number of carbonyl (C=O) groups excluding carboxylic acids is 5. The van der Waals surface area contributed by atoms with Crippen LogP contribution in [0, 0.1) is 11.8 Å². The highest BCUT2D eigenvalue weighted by atomic mass is 35.5. The Balaban J connectivity index is 1.33. The number of Topliss-reactive ketones (excluding diaryl/α,β-unsaturated/α-hetero) is 1. The van der Waals surface area contributed by atoms with Gasteiger partial charge in [-0.05, 0) is 49.3 Å². The molecule has 0 bridgehead atoms. The van der Waals surface area contributed by atoms with Crippen molar-refractivity contribution in [2.75, 3.05) is 6.54 Å². The van der Waals surface area contributed by atoms with E-state index in [9.17, 15) is 24.0 Å². The van der Waals surface area contributed by atoms with Crippen molar-refractivity contribution in [2.45, 2.75) is 76.4 Å². The number of hydrogen-bond acceptors (Lipinski definition) is 6. The third kappa shape index (κ3) is 8.69. The topological polar surface area (TPSA) is 162 Å². The summed E-state index contributed by atoms with van der Waals surface area (Å²) in [7, 11) is 0. The second-order valence-electron chi connectivity index (χ2n) is 12.0. The summed E-state index contributed by atoms with van der Waals surface area (Å²) in [5, 5.41) is 12.1. The third-order valence-corrected chi connectivity index (χ3v) is 8.88. The summed E-state index contributed by atoms with van der Waals surface area (Å²) in [6.07, 6.45) is 8.18. The monoisotopic (exact) mass is 634 g/mol. The van der Waals surface area contributed by atoms with Gasteiger partial charge in [0.15, 0.2) is 0 Å². The largest absolute Gasteiger partial charge is 0.356 e. The maximum atomic E-state index is 13.9. The molecule has 0 spiro atoms. The van der Waals surface area contributed by atoms with Gasteiger partial charge in [0.1, 0.15) is 17.4 Å². The Morgan fingerprint density at radius 3 is 2.47 bits per heavy atom. The van der Waals surface area contributed by atoms with Crippen LogP contribution in [0.15, 0.2) is 48.7 Å². The smallest absolute Gasteiger partial charge is 0.289 e. The summed E-state index contributed by atoms with van der Waals surface area (Å²) in [4.78, 5) is 73.6. The minimum Gasteiger partial charge on any atom is -0.356 e. The van der Waals surface area contributed by atoms with Gasteiger partial charge in [-0.1, -0.05) is 74.0 Å². The summed E-state index contributed by atoms with van der Waals surface area (Å²) in [6.45, 7) is 0.684. The van der Waals surface area contributed by atoms with E-state index in [1.807, 2.05) is 30.3 Å². The van der Waals surface area contributed by atoms with Crippen LogP contribution in [-0.2, 0) is 25.7 Å². The third-order valence-electron chi connectivity index (χ3n) is 8.67. The standard InChI is InChI=1S/C33H39ClN6O5/c34-24-15-23-17-27(38-29(23)36-19-24)32(44)40-26(14-20-8-3-1-4-9-20)31(43)39-25(16-22-12-7-13-35-30(22)42)28(41)33(45)37-18-21-10-5-2-6-11-21/h2,5-6,10-11,15,17,19-20,22,25-26H,1,3-4,7-9,12-14,16,18H2,(H,35,42)(H,36,38)(H,37,45)(H,39,43)(H,40,44)/t22-,25-,26-/m0/s1. The van der Waals surface area contributed by atoms with Crippen molar-refractivity contribution in [1.82, 2.24) is 31.2 Å². The molecule has 238 valence electrons. The summed E-state index contributed by atoms with van der Waals surface area (Å²) < 4.78 is 0. The molecule has 1 saturated carbocycles. The van der Waals surface area contributed by atoms with Crippen LogP contribution in [0.5, 0.6) is 0 Å². The summed E-state index contributed by atoms with van der Waals surface area (Å²) in [5.74, 6) is -3.29. The molecule has 1 aromatic carbocycles. The molecular weight excluding hydrogens is 596 g/mol. The number of carbonyl (C=O) groups is 5. The molecule has 45 heavy (non-hydrogen) atoms. The van der Waals surface area contributed by atoms with E-state index in [0.29, 0.717) is 35.4 Å². The lowest BCUT2D eigenvalue weighted by atomic mass is 9.84. The Bertz CT molecular complexity index is 1540. The number of H-pyrrole nitrogens is 1. The lowest BCUT2D eigenvalue weighted by molar-refractivity contribution is -0.141. The van der Waals surface area contributed by atoms with E-state index in [1.165, 1.54) is 6.20 Å². The molecule has 1 aliphatic heterocycles. The number of piperidine rings is 1. The van der Waals surface area contributed by atoms with E-state index in [2.05, 4.69) is 31.2 Å². The normalized spacial score (nSPS) is 18.4. The first-order chi connectivity index (χ1) is 21.8. The van der Waals surface area contributed by atoms with Gasteiger partial charge in [0, 0.05) is 30.6 Å². The molecule has 3 aromatic rings. The summed E-state index contributed by atoms with van der Waals surface area (Å²) >= 11 is 6.06. The number of halogens is 1. The quantitative estimate of drug-likeness (QED) is 0.191. The molecule has 4 amide bonds. The van der Waals surface area contributed by atoms with Crippen molar-refractivity contribution in [1.29, 1.82) is 0 Å². The van der Waals surface area contributed by atoms with E-state index in [4.69, 9.17) is 11.6 Å². The molecule has 1 saturated heterocycles. The molecule has 5 rings (SSSR count). The molecule has 3 atom stereocenters. The molecule has 0 radical (unpaired) electrons. The number of aromatic amines is 1. The van der Waals surface area contributed by atoms with E-state index in [0.717, 1.165) is 44.1 Å². The van der Waals surface area contributed by atoms with Gasteiger partial charge >= 0.3 is 0 Å². The highest BCUT2D eigenvalue weighted by Gasteiger charge is 2.35. The number of nitrogens with one attached hydrogen (secondary N) is 5. The number of aromatic nitrogens is 2. The van der Waals surface area contributed by atoms with Crippen LogP contribution in [0.2, 0.25) is 5.02 Å². The number of rotatable bonds is 12. The first-order valence-electron chi connectivity index (χ1n) is 15.7. The molecule has 11 nitrogen and oxygen atoms in total. The minimum absolute atomic E-state index is 0.0201. The van der Waals surface area contributed by atoms with Crippen LogP contribution in [0.3, 0.4) is 0 Å². The molecule has 2 aromatic heterocycles. The SMILES string of the molecule is O=C(NCc1ccccc1)C(=O)[C@H](C[C@@H]1CCCNC1=O)NC(=O)[C@H](CC1CCCCC1)NC(=O)c1cc2cc(Cl)cnc2[nH]1. The maximum Gasteiger partial charge on any atom is 0.289 e. The van der Waals surface area contributed by atoms with Gasteiger partial charge in [0.2, 0.25) is 17.6 Å². The zero-order chi connectivity index (χ0) is 31.8. The van der Waals surface area contributed by atoms with Crippen LogP contribution < -0.4 is 21.3 Å². The van der Waals surface area contributed by atoms with Gasteiger partial charge in [0.25, 0.3) is 11.8 Å². The lowest BCUT2D eigenvalue weighted by Gasteiger charge is -2.29. The fraction of sp³-hybridized carbons (Fsp3) is 0.455. The van der Waals surface area contributed by atoms with E-state index in [-0.39, 0.29) is 30.5 Å². The van der Waals surface area contributed by atoms with E-state index in [1.54, 1.807) is 12.1 Å². The Kier molecular flexibility index (Phi) is 10.8. The molecule has 0 unspecified atom stereocenters. The van der Waals surface area contributed by atoms with Crippen molar-refractivity contribution in [3.05, 3.63) is 64.9 Å². The Morgan fingerprint density at radius 2 is 1.71 bits per heavy atom. The summed E-state index contributed by atoms with van der Waals surface area (Å²) in [5.41, 5.74) is 1.51. The number of pyridine rings is 1. The molecule has 12 heteroatoms. The van der Waals surface area contributed by atoms with Gasteiger partial charge < -0.3 is 26.3 Å². The van der Waals surface area contributed by atoms with Gasteiger partial charge in [-0.3, -0.25) is 24.0 Å². The second-order valence-corrected chi connectivity index (χ2v) is 12.4. The number of amides is 4.